The van der Waals surface area contributed by atoms with E-state index in [1.54, 1.807) is 0 Å². The Morgan fingerprint density at radius 2 is 2.16 bits per heavy atom. The number of carboxylic acid groups (broad SMARTS) is 1. The van der Waals surface area contributed by atoms with Gasteiger partial charge in [-0.3, -0.25) is 0 Å². The molecule has 19 heavy (non-hydrogen) atoms. The topological polar surface area (TPSA) is 55.2 Å². The minimum absolute atomic E-state index is 0.522. The first-order chi connectivity index (χ1) is 9.16. The highest BCUT2D eigenvalue weighted by molar-refractivity contribution is 8.08. The Bertz CT molecular complexity index is 773. The quantitative estimate of drug-likeness (QED) is 0.748. The van der Waals surface area contributed by atoms with Gasteiger partial charge in [-0.2, -0.15) is 4.24 Å². The summed E-state index contributed by atoms with van der Waals surface area (Å²) in [5.74, 6) is -0.281. The van der Waals surface area contributed by atoms with Gasteiger partial charge in [0.1, 0.15) is 17.8 Å². The Morgan fingerprint density at radius 1 is 1.37 bits per heavy atom. The Balaban J connectivity index is 2.19. The fourth-order valence-electron chi connectivity index (χ4n) is 2.15. The lowest BCUT2D eigenvalue weighted by atomic mass is 10.2. The van der Waals surface area contributed by atoms with Gasteiger partial charge in [0.2, 0.25) is 10.9 Å². The third-order valence-electron chi connectivity index (χ3n) is 3.17. The first-order valence-electron chi connectivity index (χ1n) is 5.91. The number of pyridine rings is 1. The molecule has 0 amide bonds. The second-order valence-electron chi connectivity index (χ2n) is 4.38. The van der Waals surface area contributed by atoms with E-state index in [4.69, 9.17) is 5.11 Å². The standard InChI is InChI=1S/C14H12N2O2S/c1-16-11-5-3-2-4-9(11)6-7-12(16)13-15-10(8-19-13)14(17)18/h2-7,10,15H,1,8H2/p+1. The minimum atomic E-state index is -0.820. The van der Waals surface area contributed by atoms with E-state index in [1.807, 2.05) is 40.6 Å². The summed E-state index contributed by atoms with van der Waals surface area (Å²) in [5.41, 5.74) is 1.02. The van der Waals surface area contributed by atoms with E-state index in [0.717, 1.165) is 21.3 Å². The van der Waals surface area contributed by atoms with Crippen LogP contribution in [-0.2, 0) is 4.79 Å². The molecule has 0 bridgehead atoms. The predicted molar refractivity (Wildman–Crippen MR) is 74.9 cm³/mol. The second-order valence-corrected chi connectivity index (χ2v) is 5.41. The van der Waals surface area contributed by atoms with Crippen LogP contribution in [0.15, 0.2) is 36.4 Å². The number of carboxylic acids is 1. The van der Waals surface area contributed by atoms with Crippen LogP contribution in [0, 0.1) is 6.72 Å². The Labute approximate surface area is 114 Å². The Hall–Kier alpha value is -2.01. The molecule has 1 fully saturated rings. The molecule has 1 aliphatic rings. The van der Waals surface area contributed by atoms with Crippen LogP contribution in [0.25, 0.3) is 15.9 Å². The molecule has 0 aliphatic carbocycles. The second kappa shape index (κ2) is 4.59. The molecule has 2 N–H and O–H groups in total. The summed E-state index contributed by atoms with van der Waals surface area (Å²) in [5, 5.41) is 14.9. The number of para-hydroxylation sites is 1. The van der Waals surface area contributed by atoms with Crippen molar-refractivity contribution in [3.8, 4) is 0 Å². The maximum absolute atomic E-state index is 11.0. The third kappa shape index (κ3) is 2.06. The molecule has 1 aromatic heterocycles. The van der Waals surface area contributed by atoms with Crippen LogP contribution in [0.3, 0.4) is 0 Å². The SMILES string of the molecule is C=[n+]1c(=C2NC(C(=O)O)CS2)ccc2ccccc21. The zero-order valence-electron chi connectivity index (χ0n) is 10.2. The van der Waals surface area contributed by atoms with Gasteiger partial charge in [0.05, 0.1) is 0 Å². The summed E-state index contributed by atoms with van der Waals surface area (Å²) in [6.07, 6.45) is 0. The number of thioether (sulfide) groups is 1. The molecular formula is C14H13N2O2S+. The molecule has 1 atom stereocenters. The lowest BCUT2D eigenvalue weighted by Gasteiger charge is -2.01. The van der Waals surface area contributed by atoms with E-state index < -0.39 is 12.0 Å². The number of nitrogens with zero attached hydrogens (tertiary/aromatic N) is 1. The highest BCUT2D eigenvalue weighted by Crippen LogP contribution is 2.22. The molecule has 4 nitrogen and oxygen atoms in total. The summed E-state index contributed by atoms with van der Waals surface area (Å²) in [4.78, 5) is 11.0. The van der Waals surface area contributed by atoms with Gasteiger partial charge in [-0.25, -0.2) is 4.79 Å². The maximum Gasteiger partial charge on any atom is 0.327 e. The first-order valence-corrected chi connectivity index (χ1v) is 6.89. The molecule has 2 aromatic rings. The zero-order chi connectivity index (χ0) is 13.4. The number of carbonyl (C=O) groups is 1. The number of aliphatic carboxylic acids is 1. The van der Waals surface area contributed by atoms with Crippen molar-refractivity contribution in [1.29, 1.82) is 0 Å². The van der Waals surface area contributed by atoms with E-state index in [1.165, 1.54) is 11.8 Å². The Morgan fingerprint density at radius 3 is 2.89 bits per heavy atom. The van der Waals surface area contributed by atoms with Crippen LogP contribution >= 0.6 is 11.8 Å². The molecule has 5 heteroatoms. The van der Waals surface area contributed by atoms with Gasteiger partial charge >= 0.3 is 5.97 Å². The van der Waals surface area contributed by atoms with Crippen LogP contribution in [-0.4, -0.2) is 22.9 Å². The van der Waals surface area contributed by atoms with Crippen molar-refractivity contribution in [2.24, 2.45) is 0 Å². The van der Waals surface area contributed by atoms with Gasteiger partial charge in [0, 0.05) is 23.3 Å². The van der Waals surface area contributed by atoms with E-state index in [2.05, 4.69) is 12.0 Å². The third-order valence-corrected chi connectivity index (χ3v) is 4.29. The van der Waals surface area contributed by atoms with E-state index >= 15 is 0 Å². The molecule has 1 unspecified atom stereocenters. The number of nitrogens with one attached hydrogen (secondary N) is 1. The van der Waals surface area contributed by atoms with E-state index in [0.29, 0.717) is 5.75 Å². The first kappa shape index (κ1) is 12.0. The lowest BCUT2D eigenvalue weighted by molar-refractivity contribution is -0.484. The van der Waals surface area contributed by atoms with Gasteiger partial charge in [0.25, 0.3) is 0 Å². The van der Waals surface area contributed by atoms with E-state index in [-0.39, 0.29) is 0 Å². The number of aromatic nitrogens is 1. The number of fused-ring (bicyclic) bond motifs is 1. The smallest absolute Gasteiger partial charge is 0.327 e. The highest BCUT2D eigenvalue weighted by atomic mass is 32.2. The van der Waals surface area contributed by atoms with Crippen molar-refractivity contribution in [1.82, 2.24) is 5.32 Å². The van der Waals surface area contributed by atoms with Gasteiger partial charge in [-0.15, -0.1) is 0 Å². The summed E-state index contributed by atoms with van der Waals surface area (Å²) in [6.45, 7) is 4.06. The fraction of sp³-hybridized carbons (Fsp3) is 0.143. The minimum Gasteiger partial charge on any atom is -0.480 e. The maximum atomic E-state index is 11.0. The Kier molecular flexibility index (Phi) is 2.91. The van der Waals surface area contributed by atoms with Gasteiger partial charge in [-0.1, -0.05) is 23.9 Å². The number of benzene rings is 1. The van der Waals surface area contributed by atoms with Gasteiger partial charge in [0.15, 0.2) is 0 Å². The average molecular weight is 273 g/mol. The number of rotatable bonds is 1. The van der Waals surface area contributed by atoms with Crippen LogP contribution in [0.1, 0.15) is 0 Å². The van der Waals surface area contributed by atoms with Crippen molar-refractivity contribution >= 4 is 33.7 Å². The van der Waals surface area contributed by atoms with Gasteiger partial charge < -0.3 is 10.4 Å². The van der Waals surface area contributed by atoms with Crippen molar-refractivity contribution in [3.05, 3.63) is 48.5 Å². The number of hydrogen-bond acceptors (Lipinski definition) is 3. The average Bonchev–Trinajstić information content (AvgIpc) is 2.89. The molecule has 96 valence electrons. The molecule has 0 spiro atoms. The summed E-state index contributed by atoms with van der Waals surface area (Å²) < 4.78 is 1.84. The van der Waals surface area contributed by atoms with E-state index in [9.17, 15) is 4.79 Å². The molecule has 1 saturated heterocycles. The van der Waals surface area contributed by atoms with Crippen LogP contribution in [0.5, 0.6) is 0 Å². The van der Waals surface area contributed by atoms with Crippen LogP contribution in [0.2, 0.25) is 0 Å². The normalized spacial score (nSPS) is 21.4. The molecule has 0 radical (unpaired) electrons. The molecule has 1 aliphatic heterocycles. The molecule has 0 saturated carbocycles. The fourth-order valence-corrected chi connectivity index (χ4v) is 3.26. The predicted octanol–water partition coefficient (Wildman–Crippen LogP) is 0.622. The van der Waals surface area contributed by atoms with Crippen molar-refractivity contribution in [2.75, 3.05) is 5.75 Å². The van der Waals surface area contributed by atoms with Crippen LogP contribution in [0.4, 0.5) is 0 Å². The van der Waals surface area contributed by atoms with Crippen molar-refractivity contribution in [3.63, 3.8) is 0 Å². The summed E-state index contributed by atoms with van der Waals surface area (Å²) in [7, 11) is 0. The molecule has 1 aromatic carbocycles. The van der Waals surface area contributed by atoms with Crippen LogP contribution < -0.4 is 14.9 Å². The van der Waals surface area contributed by atoms with Crippen molar-refractivity contribution < 1.29 is 14.1 Å². The summed E-state index contributed by atoms with van der Waals surface area (Å²) >= 11 is 1.52. The molecular weight excluding hydrogens is 260 g/mol. The molecule has 2 heterocycles. The monoisotopic (exact) mass is 273 g/mol. The van der Waals surface area contributed by atoms with Gasteiger partial charge in [-0.05, 0) is 12.1 Å². The highest BCUT2D eigenvalue weighted by Gasteiger charge is 2.27. The largest absolute Gasteiger partial charge is 0.480 e. The zero-order valence-corrected chi connectivity index (χ0v) is 11.0. The van der Waals surface area contributed by atoms with Crippen molar-refractivity contribution in [2.45, 2.75) is 6.04 Å². The number of hydrogen-bond donors (Lipinski definition) is 2. The molecule has 3 rings (SSSR count). The lowest BCUT2D eigenvalue weighted by Crippen LogP contribution is -2.41. The summed E-state index contributed by atoms with van der Waals surface area (Å²) in [6, 6.07) is 11.4.